The van der Waals surface area contributed by atoms with Gasteiger partial charge in [-0.05, 0) is 26.2 Å². The second kappa shape index (κ2) is 7.41. The number of fused-ring (bicyclic) bond motifs is 1. The lowest BCUT2D eigenvalue weighted by molar-refractivity contribution is -0.192. The highest BCUT2D eigenvalue weighted by atomic mass is 35.5. The molecule has 0 atom stereocenters. The minimum absolute atomic E-state index is 0.438. The summed E-state index contributed by atoms with van der Waals surface area (Å²) in [5.41, 5.74) is 0.890. The van der Waals surface area contributed by atoms with Crippen molar-refractivity contribution in [1.82, 2.24) is 19.7 Å². The summed E-state index contributed by atoms with van der Waals surface area (Å²) in [6.45, 7) is 1.89. The fourth-order valence-corrected chi connectivity index (χ4v) is 1.60. The summed E-state index contributed by atoms with van der Waals surface area (Å²) in [6, 6.07) is 3.83. The van der Waals surface area contributed by atoms with Crippen molar-refractivity contribution >= 4 is 28.6 Å². The van der Waals surface area contributed by atoms with Gasteiger partial charge in [0.25, 0.3) is 0 Å². The Hall–Kier alpha value is -1.87. The van der Waals surface area contributed by atoms with E-state index >= 15 is 0 Å². The van der Waals surface area contributed by atoms with Crippen molar-refractivity contribution in [3.8, 4) is 0 Å². The van der Waals surface area contributed by atoms with E-state index in [1.54, 1.807) is 0 Å². The van der Waals surface area contributed by atoms with E-state index in [1.165, 1.54) is 0 Å². The van der Waals surface area contributed by atoms with Gasteiger partial charge in [0, 0.05) is 24.7 Å². The summed E-state index contributed by atoms with van der Waals surface area (Å²) >= 11 is 5.76. The molecule has 122 valence electrons. The van der Waals surface area contributed by atoms with Crippen LogP contribution in [0.15, 0.2) is 18.3 Å². The molecule has 0 aromatic carbocycles. The molecule has 0 aliphatic carbocycles. The molecule has 0 aliphatic rings. The second-order valence-electron chi connectivity index (χ2n) is 4.56. The number of nitrogens with zero attached hydrogens (tertiary/aromatic N) is 4. The smallest absolute Gasteiger partial charge is 0.475 e. The fraction of sp³-hybridized carbons (Fsp3) is 0.417. The van der Waals surface area contributed by atoms with E-state index in [9.17, 15) is 13.2 Å². The van der Waals surface area contributed by atoms with Gasteiger partial charge in [-0.2, -0.15) is 13.2 Å². The number of aliphatic carboxylic acids is 1. The van der Waals surface area contributed by atoms with Crippen molar-refractivity contribution < 1.29 is 23.1 Å². The molecule has 22 heavy (non-hydrogen) atoms. The second-order valence-corrected chi connectivity index (χ2v) is 4.95. The first-order valence-corrected chi connectivity index (χ1v) is 6.42. The van der Waals surface area contributed by atoms with Gasteiger partial charge in [0.05, 0.1) is 0 Å². The van der Waals surface area contributed by atoms with Gasteiger partial charge in [0.2, 0.25) is 0 Å². The number of hydrogen-bond acceptors (Lipinski definition) is 4. The molecule has 0 aliphatic heterocycles. The molecule has 2 aromatic heterocycles. The zero-order valence-electron chi connectivity index (χ0n) is 11.8. The summed E-state index contributed by atoms with van der Waals surface area (Å²) in [5.74, 6) is -2.76. The molecule has 2 aromatic rings. The molecule has 0 unspecified atom stereocenters. The summed E-state index contributed by atoms with van der Waals surface area (Å²) < 4.78 is 33.8. The molecule has 0 amide bonds. The molecule has 0 bridgehead atoms. The van der Waals surface area contributed by atoms with Crippen molar-refractivity contribution in [2.24, 2.45) is 0 Å². The Kier molecular flexibility index (Phi) is 6.12. The normalized spacial score (nSPS) is 11.4. The average Bonchev–Trinajstić information content (AvgIpc) is 2.78. The first kappa shape index (κ1) is 18.2. The number of carboxylic acid groups (broad SMARTS) is 1. The van der Waals surface area contributed by atoms with E-state index in [2.05, 4.69) is 19.7 Å². The van der Waals surface area contributed by atoms with E-state index < -0.39 is 12.1 Å². The Balaban J connectivity index is 0.000000295. The van der Waals surface area contributed by atoms with Crippen LogP contribution in [0.2, 0.25) is 5.15 Å². The third kappa shape index (κ3) is 5.49. The van der Waals surface area contributed by atoms with E-state index in [1.807, 2.05) is 32.4 Å². The highest BCUT2D eigenvalue weighted by molar-refractivity contribution is 6.29. The van der Waals surface area contributed by atoms with E-state index in [-0.39, 0.29) is 0 Å². The first-order valence-electron chi connectivity index (χ1n) is 6.04. The lowest BCUT2D eigenvalue weighted by Crippen LogP contribution is -2.21. The van der Waals surface area contributed by atoms with Crippen LogP contribution in [0, 0.1) is 0 Å². The zero-order chi connectivity index (χ0) is 16.9. The Morgan fingerprint density at radius 1 is 1.41 bits per heavy atom. The van der Waals surface area contributed by atoms with Gasteiger partial charge >= 0.3 is 12.1 Å². The van der Waals surface area contributed by atoms with Crippen LogP contribution in [0.1, 0.15) is 0 Å². The Morgan fingerprint density at radius 2 is 2.00 bits per heavy atom. The monoisotopic (exact) mass is 338 g/mol. The molecule has 0 saturated carbocycles. The van der Waals surface area contributed by atoms with Crippen LogP contribution in [0.4, 0.5) is 13.2 Å². The van der Waals surface area contributed by atoms with Crippen molar-refractivity contribution in [1.29, 1.82) is 0 Å². The van der Waals surface area contributed by atoms with Crippen LogP contribution in [-0.4, -0.2) is 57.6 Å². The van der Waals surface area contributed by atoms with Gasteiger partial charge in [-0.1, -0.05) is 11.6 Å². The number of likely N-dealkylation sites (N-methyl/N-ethyl adjacent to an activating group) is 1. The standard InChI is InChI=1S/C10H13ClN4.C2HF3O2/c1-14(2)5-6-15-4-3-8-7-9(11)12-13-10(8)15;3-2(4,5)1(6)7/h3-4,7H,5-6H2,1-2H3;(H,6,7). The van der Waals surface area contributed by atoms with Crippen LogP contribution < -0.4 is 0 Å². The molecule has 10 heteroatoms. The highest BCUT2D eigenvalue weighted by Gasteiger charge is 2.38. The molecular weight excluding hydrogens is 325 g/mol. The van der Waals surface area contributed by atoms with Gasteiger partial charge < -0.3 is 14.6 Å². The number of carboxylic acids is 1. The largest absolute Gasteiger partial charge is 0.490 e. The zero-order valence-corrected chi connectivity index (χ0v) is 12.6. The van der Waals surface area contributed by atoms with Crippen molar-refractivity contribution in [3.63, 3.8) is 0 Å². The number of halogens is 4. The van der Waals surface area contributed by atoms with E-state index in [0.29, 0.717) is 5.15 Å². The molecule has 0 radical (unpaired) electrons. The third-order valence-corrected chi connectivity index (χ3v) is 2.69. The van der Waals surface area contributed by atoms with Crippen LogP contribution in [-0.2, 0) is 11.3 Å². The van der Waals surface area contributed by atoms with Gasteiger partial charge in [0.15, 0.2) is 10.8 Å². The lowest BCUT2D eigenvalue weighted by atomic mass is 10.4. The van der Waals surface area contributed by atoms with Crippen molar-refractivity contribution in [2.75, 3.05) is 20.6 Å². The highest BCUT2D eigenvalue weighted by Crippen LogP contribution is 2.15. The Labute approximate surface area is 129 Å². The Bertz CT molecular complexity index is 643. The van der Waals surface area contributed by atoms with Gasteiger partial charge in [-0.3, -0.25) is 0 Å². The van der Waals surface area contributed by atoms with Crippen LogP contribution in [0.5, 0.6) is 0 Å². The number of carbonyl (C=O) groups is 1. The maximum absolute atomic E-state index is 10.6. The topological polar surface area (TPSA) is 71.2 Å². The molecule has 0 fully saturated rings. The first-order chi connectivity index (χ1) is 10.1. The predicted molar refractivity (Wildman–Crippen MR) is 74.8 cm³/mol. The summed E-state index contributed by atoms with van der Waals surface area (Å²) in [7, 11) is 4.10. The summed E-state index contributed by atoms with van der Waals surface area (Å²) in [4.78, 5) is 11.0. The van der Waals surface area contributed by atoms with Crippen molar-refractivity contribution in [3.05, 3.63) is 23.5 Å². The minimum Gasteiger partial charge on any atom is -0.475 e. The SMILES string of the molecule is CN(C)CCn1ccc2cc(Cl)nnc21.O=C(O)C(F)(F)F. The molecule has 1 N–H and O–H groups in total. The molecule has 0 spiro atoms. The number of alkyl halides is 3. The number of hydrogen-bond donors (Lipinski definition) is 1. The van der Waals surface area contributed by atoms with Gasteiger partial charge in [-0.25, -0.2) is 4.79 Å². The predicted octanol–water partition coefficient (Wildman–Crippen LogP) is 2.28. The number of aromatic nitrogens is 3. The van der Waals surface area contributed by atoms with Gasteiger partial charge in [0.1, 0.15) is 0 Å². The average molecular weight is 339 g/mol. The minimum atomic E-state index is -5.08. The molecule has 6 nitrogen and oxygen atoms in total. The maximum atomic E-state index is 10.6. The molecule has 0 saturated heterocycles. The molecule has 2 rings (SSSR count). The third-order valence-electron chi connectivity index (χ3n) is 2.51. The maximum Gasteiger partial charge on any atom is 0.490 e. The quantitative estimate of drug-likeness (QED) is 0.929. The van der Waals surface area contributed by atoms with E-state index in [4.69, 9.17) is 21.5 Å². The summed E-state index contributed by atoms with van der Waals surface area (Å²) in [5, 5.41) is 16.5. The van der Waals surface area contributed by atoms with Crippen LogP contribution in [0.3, 0.4) is 0 Å². The van der Waals surface area contributed by atoms with Crippen LogP contribution >= 0.6 is 11.6 Å². The fourth-order valence-electron chi connectivity index (χ4n) is 1.45. The molecule has 2 heterocycles. The lowest BCUT2D eigenvalue weighted by Gasteiger charge is -2.10. The summed E-state index contributed by atoms with van der Waals surface area (Å²) in [6.07, 6.45) is -3.07. The van der Waals surface area contributed by atoms with E-state index in [0.717, 1.165) is 24.1 Å². The van der Waals surface area contributed by atoms with Crippen molar-refractivity contribution in [2.45, 2.75) is 12.7 Å². The van der Waals surface area contributed by atoms with Gasteiger partial charge in [-0.15, -0.1) is 10.2 Å². The van der Waals surface area contributed by atoms with Crippen LogP contribution in [0.25, 0.3) is 11.0 Å². The molecular formula is C12H14ClF3N4O2. The number of rotatable bonds is 3. The Morgan fingerprint density at radius 3 is 2.50 bits per heavy atom.